The zero-order valence-corrected chi connectivity index (χ0v) is 21.9. The highest BCUT2D eigenvalue weighted by Crippen LogP contribution is 2.33. The van der Waals surface area contributed by atoms with Gasteiger partial charge in [0.1, 0.15) is 17.0 Å². The number of carbonyl (C=O) groups excluding carboxylic acids is 1. The monoisotopic (exact) mass is 567 g/mol. The molecule has 0 aliphatic carbocycles. The fourth-order valence-electron chi connectivity index (χ4n) is 3.47. The number of rotatable bonds is 5. The maximum atomic E-state index is 12.3. The Morgan fingerprint density at radius 2 is 1.68 bits per heavy atom. The lowest BCUT2D eigenvalue weighted by molar-refractivity contribution is -0.115. The van der Waals surface area contributed by atoms with Crippen LogP contribution in [0.5, 0.6) is 0 Å². The summed E-state index contributed by atoms with van der Waals surface area (Å²) in [5.41, 5.74) is 3.24. The molecule has 5 rings (SSSR count). The quantitative estimate of drug-likeness (QED) is 0.164. The first-order valence-electron chi connectivity index (χ1n) is 10.9. The molecule has 37 heavy (non-hydrogen) atoms. The van der Waals surface area contributed by atoms with Gasteiger partial charge in [0.2, 0.25) is 11.8 Å². The number of hydrogen-bond acceptors (Lipinski definition) is 5. The van der Waals surface area contributed by atoms with E-state index in [2.05, 4.69) is 15.6 Å². The van der Waals surface area contributed by atoms with E-state index in [0.29, 0.717) is 54.8 Å². The van der Waals surface area contributed by atoms with Crippen LogP contribution >= 0.6 is 47.0 Å². The Kier molecular flexibility index (Phi) is 7.30. The number of furan rings is 1. The normalized spacial score (nSPS) is 11.2. The minimum Gasteiger partial charge on any atom is -0.457 e. The molecule has 6 nitrogen and oxygen atoms in total. The van der Waals surface area contributed by atoms with Crippen LogP contribution in [0.1, 0.15) is 5.76 Å². The molecule has 0 bridgehead atoms. The van der Waals surface area contributed by atoms with Crippen molar-refractivity contribution in [2.75, 3.05) is 5.32 Å². The van der Waals surface area contributed by atoms with Crippen LogP contribution in [-0.2, 0) is 4.79 Å². The fraction of sp³-hybridized carbons (Fsp3) is 0. The summed E-state index contributed by atoms with van der Waals surface area (Å²) in [4.78, 5) is 16.8. The second kappa shape index (κ2) is 10.8. The summed E-state index contributed by atoms with van der Waals surface area (Å²) < 4.78 is 11.6. The molecule has 2 N–H and O–H groups in total. The van der Waals surface area contributed by atoms with Gasteiger partial charge in [0, 0.05) is 27.4 Å². The molecule has 10 heteroatoms. The first-order valence-corrected chi connectivity index (χ1v) is 12.4. The molecule has 0 fully saturated rings. The minimum absolute atomic E-state index is 0.122. The summed E-state index contributed by atoms with van der Waals surface area (Å²) in [6.45, 7) is 0. The molecule has 1 amide bonds. The van der Waals surface area contributed by atoms with Crippen molar-refractivity contribution in [3.8, 4) is 22.8 Å². The van der Waals surface area contributed by atoms with Crippen molar-refractivity contribution in [1.29, 1.82) is 0 Å². The Hall–Kier alpha value is -3.62. The van der Waals surface area contributed by atoms with Crippen molar-refractivity contribution in [2.45, 2.75) is 0 Å². The number of halogens is 3. The molecule has 0 radical (unpaired) electrons. The molecule has 0 aliphatic rings. The number of amides is 1. The maximum absolute atomic E-state index is 12.3. The lowest BCUT2D eigenvalue weighted by Crippen LogP contribution is -2.32. The van der Waals surface area contributed by atoms with E-state index in [9.17, 15) is 4.79 Å². The molecule has 2 aromatic heterocycles. The summed E-state index contributed by atoms with van der Waals surface area (Å²) in [5.74, 6) is 1.11. The number of nitrogens with zero attached hydrogens (tertiary/aromatic N) is 1. The molecule has 0 saturated carbocycles. The average Bonchev–Trinajstić information content (AvgIpc) is 3.51. The van der Waals surface area contributed by atoms with Gasteiger partial charge in [-0.25, -0.2) is 4.98 Å². The Balaban J connectivity index is 1.21. The summed E-state index contributed by atoms with van der Waals surface area (Å²) >= 11 is 23.5. The Morgan fingerprint density at radius 1 is 0.892 bits per heavy atom. The number of hydrogen-bond donors (Lipinski definition) is 2. The summed E-state index contributed by atoms with van der Waals surface area (Å²) in [7, 11) is 0. The van der Waals surface area contributed by atoms with Crippen LogP contribution in [-0.4, -0.2) is 16.0 Å². The van der Waals surface area contributed by atoms with Crippen molar-refractivity contribution in [3.63, 3.8) is 0 Å². The Bertz CT molecular complexity index is 1660. The number of carbonyl (C=O) groups is 1. The van der Waals surface area contributed by atoms with Crippen molar-refractivity contribution < 1.29 is 13.6 Å². The molecule has 0 saturated heterocycles. The predicted molar refractivity (Wildman–Crippen MR) is 152 cm³/mol. The highest BCUT2D eigenvalue weighted by Gasteiger charge is 2.13. The number of benzene rings is 3. The van der Waals surface area contributed by atoms with Gasteiger partial charge in [-0.2, -0.15) is 0 Å². The highest BCUT2D eigenvalue weighted by molar-refractivity contribution is 7.80. The van der Waals surface area contributed by atoms with Gasteiger partial charge < -0.3 is 14.2 Å². The molecule has 2 heterocycles. The van der Waals surface area contributed by atoms with Gasteiger partial charge in [-0.05, 0) is 91.1 Å². The van der Waals surface area contributed by atoms with Gasteiger partial charge in [-0.3, -0.25) is 10.1 Å². The number of oxazole rings is 1. The van der Waals surface area contributed by atoms with Crippen LogP contribution in [0.4, 0.5) is 5.69 Å². The van der Waals surface area contributed by atoms with Crippen LogP contribution in [0.15, 0.2) is 87.7 Å². The molecule has 0 atom stereocenters. The molecular weight excluding hydrogens is 553 g/mol. The standard InChI is InChI=1S/C27H16Cl3N3O3S/c28-16-3-1-15(2-4-16)23-11-7-19(35-23)8-12-25(34)33-27(37)31-18-6-10-24-22(14-18)32-26(36-24)20-13-17(29)5-9-21(20)30/h1-14H,(H2,31,33,34,37). The molecule has 0 spiro atoms. The first-order chi connectivity index (χ1) is 17.8. The van der Waals surface area contributed by atoms with Crippen LogP contribution < -0.4 is 10.6 Å². The van der Waals surface area contributed by atoms with Crippen LogP contribution in [0, 0.1) is 0 Å². The number of nitrogens with one attached hydrogen (secondary N) is 2. The van der Waals surface area contributed by atoms with Crippen LogP contribution in [0.25, 0.3) is 40.0 Å². The van der Waals surface area contributed by atoms with E-state index >= 15 is 0 Å². The summed E-state index contributed by atoms with van der Waals surface area (Å²) in [6, 6.07) is 21.2. The zero-order chi connectivity index (χ0) is 25.9. The molecule has 5 aromatic rings. The average molecular weight is 569 g/mol. The van der Waals surface area contributed by atoms with E-state index in [1.807, 2.05) is 18.2 Å². The van der Waals surface area contributed by atoms with Gasteiger partial charge in [0.15, 0.2) is 10.7 Å². The van der Waals surface area contributed by atoms with Crippen molar-refractivity contribution in [1.82, 2.24) is 10.3 Å². The van der Waals surface area contributed by atoms with E-state index in [4.69, 9.17) is 55.9 Å². The second-order valence-corrected chi connectivity index (χ2v) is 9.50. The van der Waals surface area contributed by atoms with Crippen LogP contribution in [0.3, 0.4) is 0 Å². The van der Waals surface area contributed by atoms with E-state index in [0.717, 1.165) is 5.56 Å². The molecule has 0 unspecified atom stereocenters. The van der Waals surface area contributed by atoms with Gasteiger partial charge in [-0.1, -0.05) is 34.8 Å². The van der Waals surface area contributed by atoms with Gasteiger partial charge in [-0.15, -0.1) is 0 Å². The van der Waals surface area contributed by atoms with E-state index in [1.165, 1.54) is 6.08 Å². The Labute approximate surface area is 231 Å². The third kappa shape index (κ3) is 6.03. The van der Waals surface area contributed by atoms with E-state index in [-0.39, 0.29) is 5.11 Å². The number of anilines is 1. The first kappa shape index (κ1) is 25.0. The fourth-order valence-corrected chi connectivity index (χ4v) is 4.18. The minimum atomic E-state index is -0.414. The topological polar surface area (TPSA) is 80.3 Å². The number of aromatic nitrogens is 1. The zero-order valence-electron chi connectivity index (χ0n) is 18.8. The van der Waals surface area contributed by atoms with Crippen molar-refractivity contribution in [2.24, 2.45) is 0 Å². The third-order valence-corrected chi connectivity index (χ3v) is 6.22. The van der Waals surface area contributed by atoms with Gasteiger partial charge in [0.05, 0.1) is 10.6 Å². The molecule has 184 valence electrons. The van der Waals surface area contributed by atoms with Crippen molar-refractivity contribution in [3.05, 3.63) is 99.7 Å². The lowest BCUT2D eigenvalue weighted by Gasteiger charge is -2.07. The smallest absolute Gasteiger partial charge is 0.250 e. The summed E-state index contributed by atoms with van der Waals surface area (Å²) in [6.07, 6.45) is 2.89. The molecule has 3 aromatic carbocycles. The molecule has 0 aliphatic heterocycles. The van der Waals surface area contributed by atoms with Crippen molar-refractivity contribution >= 4 is 80.9 Å². The number of thiocarbonyl (C=S) groups is 1. The van der Waals surface area contributed by atoms with Gasteiger partial charge >= 0.3 is 0 Å². The SMILES string of the molecule is O=C(C=Cc1ccc(-c2ccc(Cl)cc2)o1)NC(=S)Nc1ccc2oc(-c3cc(Cl)ccc3Cl)nc2c1. The van der Waals surface area contributed by atoms with Gasteiger partial charge in [0.25, 0.3) is 0 Å². The van der Waals surface area contributed by atoms with Crippen LogP contribution in [0.2, 0.25) is 15.1 Å². The molecular formula is C27H16Cl3N3O3S. The maximum Gasteiger partial charge on any atom is 0.250 e. The highest BCUT2D eigenvalue weighted by atomic mass is 35.5. The lowest BCUT2D eigenvalue weighted by atomic mass is 10.2. The predicted octanol–water partition coefficient (Wildman–Crippen LogP) is 8.24. The summed E-state index contributed by atoms with van der Waals surface area (Å²) in [5, 5.41) is 7.32. The van der Waals surface area contributed by atoms with E-state index < -0.39 is 5.91 Å². The van der Waals surface area contributed by atoms with E-state index in [1.54, 1.807) is 60.7 Å². The number of fused-ring (bicyclic) bond motifs is 1. The second-order valence-electron chi connectivity index (χ2n) is 7.81. The Morgan fingerprint density at radius 3 is 2.49 bits per heavy atom. The third-order valence-electron chi connectivity index (χ3n) is 5.20. The largest absolute Gasteiger partial charge is 0.457 e.